The van der Waals surface area contributed by atoms with Crippen molar-refractivity contribution in [1.29, 1.82) is 0 Å². The van der Waals surface area contributed by atoms with E-state index in [1.165, 1.54) is 19.2 Å². The second kappa shape index (κ2) is 8.11. The van der Waals surface area contributed by atoms with Crippen molar-refractivity contribution >= 4 is 39.0 Å². The van der Waals surface area contributed by atoms with E-state index in [2.05, 4.69) is 44.4 Å². The molecule has 33 heavy (non-hydrogen) atoms. The lowest BCUT2D eigenvalue weighted by atomic mass is 10.1. The summed E-state index contributed by atoms with van der Waals surface area (Å²) in [4.78, 5) is 10.8. The van der Waals surface area contributed by atoms with E-state index >= 15 is 4.39 Å². The molecule has 10 heteroatoms. The Morgan fingerprint density at radius 2 is 1.82 bits per heavy atom. The Labute approximate surface area is 189 Å². The molecule has 8 nitrogen and oxygen atoms in total. The Balaban J connectivity index is 1.59. The van der Waals surface area contributed by atoms with Crippen LogP contribution in [-0.4, -0.2) is 52.0 Å². The fourth-order valence-corrected chi connectivity index (χ4v) is 4.50. The minimum absolute atomic E-state index is 0.0894. The standard InChI is InChI=1S/C23H25F2N7O/c1-12-9-32(10-13(2)26-12)16-7-17(24)20-19(8-16)28-23(33-4)29-22(20)27-15-5-14-11-31(3)30-21(14)18(25)6-15/h5-8,11-13,26H,9-10H2,1-4H3,(H,27,28,29)/t12-,13+. The van der Waals surface area contributed by atoms with Crippen LogP contribution < -0.4 is 20.3 Å². The van der Waals surface area contributed by atoms with Crippen molar-refractivity contribution in [3.63, 3.8) is 0 Å². The van der Waals surface area contributed by atoms with Gasteiger partial charge in [0.25, 0.3) is 0 Å². The van der Waals surface area contributed by atoms with Crippen LogP contribution in [0.3, 0.4) is 0 Å². The zero-order valence-corrected chi connectivity index (χ0v) is 18.9. The minimum atomic E-state index is -0.481. The molecule has 0 radical (unpaired) electrons. The quantitative estimate of drug-likeness (QED) is 0.487. The van der Waals surface area contributed by atoms with Gasteiger partial charge in [0.1, 0.15) is 17.2 Å². The zero-order valence-electron chi connectivity index (χ0n) is 18.9. The Morgan fingerprint density at radius 3 is 2.55 bits per heavy atom. The van der Waals surface area contributed by atoms with E-state index in [0.29, 0.717) is 16.6 Å². The first-order valence-corrected chi connectivity index (χ1v) is 10.8. The first kappa shape index (κ1) is 21.3. The molecule has 0 bridgehead atoms. The molecule has 5 rings (SSSR count). The lowest BCUT2D eigenvalue weighted by Gasteiger charge is -2.37. The van der Waals surface area contributed by atoms with Crippen LogP contribution in [-0.2, 0) is 7.05 Å². The van der Waals surface area contributed by atoms with Gasteiger partial charge < -0.3 is 20.3 Å². The molecule has 1 aliphatic rings. The molecule has 1 saturated heterocycles. The molecule has 2 N–H and O–H groups in total. The van der Waals surface area contributed by atoms with Crippen molar-refractivity contribution in [2.24, 2.45) is 7.05 Å². The summed E-state index contributed by atoms with van der Waals surface area (Å²) in [5.41, 5.74) is 1.84. The second-order valence-electron chi connectivity index (χ2n) is 8.58. The maximum absolute atomic E-state index is 15.4. The van der Waals surface area contributed by atoms with Gasteiger partial charge >= 0.3 is 6.01 Å². The van der Waals surface area contributed by atoms with Crippen LogP contribution in [0.1, 0.15) is 13.8 Å². The highest BCUT2D eigenvalue weighted by Gasteiger charge is 2.23. The van der Waals surface area contributed by atoms with Crippen LogP contribution in [0.25, 0.3) is 21.8 Å². The number of aromatic nitrogens is 4. The monoisotopic (exact) mass is 453 g/mol. The zero-order chi connectivity index (χ0) is 23.3. The molecule has 2 atom stereocenters. The molecular weight excluding hydrogens is 428 g/mol. The highest BCUT2D eigenvalue weighted by molar-refractivity contribution is 5.94. The number of hydrogen-bond donors (Lipinski definition) is 2. The molecule has 2 aromatic carbocycles. The van der Waals surface area contributed by atoms with E-state index < -0.39 is 11.6 Å². The molecule has 3 heterocycles. The van der Waals surface area contributed by atoms with Crippen LogP contribution in [0.2, 0.25) is 0 Å². The number of fused-ring (bicyclic) bond motifs is 2. The Bertz CT molecular complexity index is 1350. The maximum Gasteiger partial charge on any atom is 0.318 e. The van der Waals surface area contributed by atoms with Crippen LogP contribution in [0, 0.1) is 11.6 Å². The number of ether oxygens (including phenoxy) is 1. The van der Waals surface area contributed by atoms with Gasteiger partial charge in [0, 0.05) is 55.2 Å². The van der Waals surface area contributed by atoms with Crippen molar-refractivity contribution in [3.8, 4) is 6.01 Å². The predicted molar refractivity (Wildman–Crippen MR) is 124 cm³/mol. The number of halogens is 2. The van der Waals surface area contributed by atoms with Gasteiger partial charge in [0.05, 0.1) is 18.0 Å². The number of nitrogens with zero attached hydrogens (tertiary/aromatic N) is 5. The molecule has 2 aromatic heterocycles. The average molecular weight is 453 g/mol. The van der Waals surface area contributed by atoms with Crippen LogP contribution in [0.5, 0.6) is 6.01 Å². The molecule has 0 unspecified atom stereocenters. The van der Waals surface area contributed by atoms with Gasteiger partial charge in [0.15, 0.2) is 5.82 Å². The van der Waals surface area contributed by atoms with Gasteiger partial charge in [-0.2, -0.15) is 15.1 Å². The van der Waals surface area contributed by atoms with Crippen LogP contribution >= 0.6 is 0 Å². The Kier molecular flexibility index (Phi) is 5.24. The van der Waals surface area contributed by atoms with Gasteiger partial charge in [-0.15, -0.1) is 0 Å². The van der Waals surface area contributed by atoms with Crippen molar-refractivity contribution in [3.05, 3.63) is 42.1 Å². The number of aryl methyl sites for hydroxylation is 1. The molecule has 0 amide bonds. The van der Waals surface area contributed by atoms with Gasteiger partial charge in [-0.1, -0.05) is 0 Å². The SMILES string of the molecule is COc1nc(Nc2cc(F)c3nn(C)cc3c2)c2c(F)cc(N3C[C@@H](C)N[C@@H](C)C3)cc2n1. The summed E-state index contributed by atoms with van der Waals surface area (Å²) in [6.45, 7) is 5.72. The average Bonchev–Trinajstić information content (AvgIpc) is 3.13. The highest BCUT2D eigenvalue weighted by Crippen LogP contribution is 2.33. The van der Waals surface area contributed by atoms with Crippen molar-refractivity contribution in [1.82, 2.24) is 25.1 Å². The molecule has 1 fully saturated rings. The molecule has 4 aromatic rings. The summed E-state index contributed by atoms with van der Waals surface area (Å²) < 4.78 is 36.8. The predicted octanol–water partition coefficient (Wildman–Crippen LogP) is 3.73. The van der Waals surface area contributed by atoms with Gasteiger partial charge in [0.2, 0.25) is 0 Å². The van der Waals surface area contributed by atoms with Crippen molar-refractivity contribution < 1.29 is 13.5 Å². The largest absolute Gasteiger partial charge is 0.467 e. The van der Waals surface area contributed by atoms with Gasteiger partial charge in [-0.25, -0.2) is 8.78 Å². The summed E-state index contributed by atoms with van der Waals surface area (Å²) in [5.74, 6) is -0.745. The Hall–Kier alpha value is -3.53. The maximum atomic E-state index is 15.4. The first-order valence-electron chi connectivity index (χ1n) is 10.8. The molecule has 0 saturated carbocycles. The number of benzene rings is 2. The topological polar surface area (TPSA) is 80.1 Å². The molecule has 0 aliphatic carbocycles. The van der Waals surface area contributed by atoms with Gasteiger partial charge in [-0.3, -0.25) is 4.68 Å². The number of nitrogens with one attached hydrogen (secondary N) is 2. The van der Waals surface area contributed by atoms with Crippen molar-refractivity contribution in [2.75, 3.05) is 30.4 Å². The smallest absolute Gasteiger partial charge is 0.318 e. The van der Waals surface area contributed by atoms with E-state index in [1.807, 2.05) is 6.07 Å². The molecule has 0 spiro atoms. The number of anilines is 3. The first-order chi connectivity index (χ1) is 15.8. The number of hydrogen-bond acceptors (Lipinski definition) is 7. The lowest BCUT2D eigenvalue weighted by molar-refractivity contribution is 0.382. The number of rotatable bonds is 4. The van der Waals surface area contributed by atoms with E-state index in [-0.39, 0.29) is 34.8 Å². The van der Waals surface area contributed by atoms with E-state index in [0.717, 1.165) is 18.8 Å². The second-order valence-corrected chi connectivity index (χ2v) is 8.58. The number of piperazine rings is 1. The van der Waals surface area contributed by atoms with Crippen LogP contribution in [0.4, 0.5) is 26.0 Å². The summed E-state index contributed by atoms with van der Waals surface area (Å²) in [6, 6.07) is 7.03. The Morgan fingerprint density at radius 1 is 1.06 bits per heavy atom. The third-order valence-corrected chi connectivity index (χ3v) is 5.76. The minimum Gasteiger partial charge on any atom is -0.467 e. The third kappa shape index (κ3) is 4.02. The summed E-state index contributed by atoms with van der Waals surface area (Å²) in [6.07, 6.45) is 1.71. The fourth-order valence-electron chi connectivity index (χ4n) is 4.50. The molecule has 1 aliphatic heterocycles. The van der Waals surface area contributed by atoms with Crippen LogP contribution in [0.15, 0.2) is 30.5 Å². The normalized spacial score (nSPS) is 18.8. The number of methoxy groups -OCH3 is 1. The van der Waals surface area contributed by atoms with E-state index in [4.69, 9.17) is 4.74 Å². The summed E-state index contributed by atoms with van der Waals surface area (Å²) in [7, 11) is 3.17. The van der Waals surface area contributed by atoms with E-state index in [1.54, 1.807) is 24.0 Å². The highest BCUT2D eigenvalue weighted by atomic mass is 19.1. The van der Waals surface area contributed by atoms with E-state index in [9.17, 15) is 4.39 Å². The third-order valence-electron chi connectivity index (χ3n) is 5.76. The summed E-state index contributed by atoms with van der Waals surface area (Å²) in [5, 5.41) is 11.5. The van der Waals surface area contributed by atoms with Gasteiger partial charge in [-0.05, 0) is 38.1 Å². The fraction of sp³-hybridized carbons (Fsp3) is 0.348. The summed E-state index contributed by atoms with van der Waals surface area (Å²) >= 11 is 0. The van der Waals surface area contributed by atoms with Crippen molar-refractivity contribution in [2.45, 2.75) is 25.9 Å². The lowest BCUT2D eigenvalue weighted by Crippen LogP contribution is -2.54. The molecular formula is C23H25F2N7O. The molecule has 172 valence electrons.